The Morgan fingerprint density at radius 3 is 2.55 bits per heavy atom. The van der Waals surface area contributed by atoms with Crippen LogP contribution in [0.1, 0.15) is 5.56 Å². The first kappa shape index (κ1) is 14.6. The van der Waals surface area contributed by atoms with E-state index in [-0.39, 0.29) is 4.90 Å². The summed E-state index contributed by atoms with van der Waals surface area (Å²) in [4.78, 5) is 0.251. The molecule has 0 unspecified atom stereocenters. The van der Waals surface area contributed by atoms with E-state index in [4.69, 9.17) is 4.74 Å². The smallest absolute Gasteiger partial charge is 0.175 e. The van der Waals surface area contributed by atoms with Gasteiger partial charge in [0.1, 0.15) is 11.5 Å². The fourth-order valence-corrected chi connectivity index (χ4v) is 2.49. The maximum absolute atomic E-state index is 11.5. The summed E-state index contributed by atoms with van der Waals surface area (Å²) < 4.78 is 28.9. The minimum atomic E-state index is -3.23. The van der Waals surface area contributed by atoms with Gasteiger partial charge in [-0.1, -0.05) is 24.3 Å². The van der Waals surface area contributed by atoms with Crippen LogP contribution in [0.2, 0.25) is 0 Å². The number of ether oxygens (including phenoxy) is 1. The molecule has 2 aromatic rings. The van der Waals surface area contributed by atoms with E-state index in [1.54, 1.807) is 18.2 Å². The summed E-state index contributed by atoms with van der Waals surface area (Å²) in [6.45, 7) is 0.682. The second-order valence-corrected chi connectivity index (χ2v) is 6.50. The average Bonchev–Trinajstić information content (AvgIpc) is 2.41. The van der Waals surface area contributed by atoms with E-state index in [0.29, 0.717) is 18.0 Å². The lowest BCUT2D eigenvalue weighted by atomic mass is 10.2. The molecule has 1 N–H and O–H groups in total. The zero-order valence-corrected chi connectivity index (χ0v) is 12.3. The number of para-hydroxylation sites is 1. The van der Waals surface area contributed by atoms with Gasteiger partial charge in [0.05, 0.1) is 4.90 Å². The van der Waals surface area contributed by atoms with Crippen LogP contribution in [0.4, 0.5) is 0 Å². The van der Waals surface area contributed by atoms with E-state index in [1.807, 2.05) is 31.3 Å². The zero-order valence-electron chi connectivity index (χ0n) is 11.5. The Bertz CT molecular complexity index is 696. The van der Waals surface area contributed by atoms with Crippen LogP contribution in [0.5, 0.6) is 11.5 Å². The Hall–Kier alpha value is -1.85. The molecule has 0 heterocycles. The van der Waals surface area contributed by atoms with Crippen molar-refractivity contribution in [1.29, 1.82) is 0 Å². The van der Waals surface area contributed by atoms with Crippen LogP contribution < -0.4 is 10.1 Å². The molecule has 0 saturated carbocycles. The summed E-state index contributed by atoms with van der Waals surface area (Å²) in [7, 11) is -1.37. The highest BCUT2D eigenvalue weighted by molar-refractivity contribution is 7.90. The number of hydrogen-bond acceptors (Lipinski definition) is 4. The van der Waals surface area contributed by atoms with Crippen LogP contribution in [-0.4, -0.2) is 21.7 Å². The molecule has 0 aliphatic carbocycles. The van der Waals surface area contributed by atoms with Gasteiger partial charge in [0.2, 0.25) is 0 Å². The Labute approximate surface area is 119 Å². The minimum absolute atomic E-state index is 0.251. The van der Waals surface area contributed by atoms with Crippen LogP contribution >= 0.6 is 0 Å². The fourth-order valence-electron chi connectivity index (χ4n) is 1.84. The lowest BCUT2D eigenvalue weighted by Gasteiger charge is -2.11. The van der Waals surface area contributed by atoms with Crippen molar-refractivity contribution < 1.29 is 13.2 Å². The van der Waals surface area contributed by atoms with Gasteiger partial charge >= 0.3 is 0 Å². The molecule has 4 nitrogen and oxygen atoms in total. The first-order valence-corrected chi connectivity index (χ1v) is 8.10. The predicted molar refractivity (Wildman–Crippen MR) is 78.8 cm³/mol. The summed E-state index contributed by atoms with van der Waals surface area (Å²) >= 11 is 0. The molecule has 2 aromatic carbocycles. The summed E-state index contributed by atoms with van der Waals surface area (Å²) in [5.74, 6) is 1.23. The molecule has 0 saturated heterocycles. The molecule has 0 amide bonds. The molecule has 0 spiro atoms. The largest absolute Gasteiger partial charge is 0.457 e. The van der Waals surface area contributed by atoms with Gasteiger partial charge in [0.15, 0.2) is 9.84 Å². The topological polar surface area (TPSA) is 55.4 Å². The van der Waals surface area contributed by atoms with Crippen molar-refractivity contribution in [3.05, 3.63) is 54.1 Å². The van der Waals surface area contributed by atoms with Gasteiger partial charge in [0, 0.05) is 18.4 Å². The van der Waals surface area contributed by atoms with Crippen LogP contribution in [-0.2, 0) is 16.4 Å². The SMILES string of the molecule is CNCc1ccccc1Oc1cccc(S(C)(=O)=O)c1. The standard InChI is InChI=1S/C15H17NO3S/c1-16-11-12-6-3-4-9-15(12)19-13-7-5-8-14(10-13)20(2,17)18/h3-10,16H,11H2,1-2H3. The minimum Gasteiger partial charge on any atom is -0.457 e. The van der Waals surface area contributed by atoms with E-state index in [1.165, 1.54) is 12.3 Å². The van der Waals surface area contributed by atoms with Crippen molar-refractivity contribution in [2.24, 2.45) is 0 Å². The molecular formula is C15H17NO3S. The van der Waals surface area contributed by atoms with Gasteiger partial charge in [-0.15, -0.1) is 0 Å². The summed E-state index contributed by atoms with van der Waals surface area (Å²) in [5, 5.41) is 3.07. The Morgan fingerprint density at radius 1 is 1.10 bits per heavy atom. The van der Waals surface area contributed by atoms with Crippen molar-refractivity contribution in [1.82, 2.24) is 5.32 Å². The van der Waals surface area contributed by atoms with Crippen molar-refractivity contribution >= 4 is 9.84 Å². The first-order valence-electron chi connectivity index (χ1n) is 6.21. The van der Waals surface area contributed by atoms with Crippen LogP contribution in [0.25, 0.3) is 0 Å². The molecular weight excluding hydrogens is 274 g/mol. The molecule has 0 bridgehead atoms. The third-order valence-electron chi connectivity index (χ3n) is 2.80. The first-order chi connectivity index (χ1) is 9.50. The highest BCUT2D eigenvalue weighted by Crippen LogP contribution is 2.26. The molecule has 0 aliphatic rings. The number of hydrogen-bond donors (Lipinski definition) is 1. The van der Waals surface area contributed by atoms with Crippen LogP contribution in [0, 0.1) is 0 Å². The highest BCUT2D eigenvalue weighted by atomic mass is 32.2. The van der Waals surface area contributed by atoms with Gasteiger partial charge in [-0.25, -0.2) is 8.42 Å². The molecule has 5 heteroatoms. The third kappa shape index (κ3) is 3.59. The molecule has 0 aromatic heterocycles. The average molecular weight is 291 g/mol. The molecule has 20 heavy (non-hydrogen) atoms. The molecule has 106 valence electrons. The van der Waals surface area contributed by atoms with E-state index < -0.39 is 9.84 Å². The summed E-state index contributed by atoms with van der Waals surface area (Å²) in [6, 6.07) is 14.2. The number of benzene rings is 2. The Balaban J connectivity index is 2.31. The number of nitrogens with one attached hydrogen (secondary N) is 1. The lowest BCUT2D eigenvalue weighted by molar-refractivity contribution is 0.472. The molecule has 0 fully saturated rings. The van der Waals surface area contributed by atoms with Gasteiger partial charge in [-0.3, -0.25) is 0 Å². The predicted octanol–water partition coefficient (Wildman–Crippen LogP) is 2.60. The second kappa shape index (κ2) is 6.07. The van der Waals surface area contributed by atoms with Crippen LogP contribution in [0.3, 0.4) is 0 Å². The van der Waals surface area contributed by atoms with Crippen molar-refractivity contribution in [3.8, 4) is 11.5 Å². The zero-order chi connectivity index (χ0) is 14.6. The van der Waals surface area contributed by atoms with Crippen molar-refractivity contribution in [3.63, 3.8) is 0 Å². The van der Waals surface area contributed by atoms with Crippen LogP contribution in [0.15, 0.2) is 53.4 Å². The second-order valence-electron chi connectivity index (χ2n) is 4.49. The van der Waals surface area contributed by atoms with Gasteiger partial charge in [-0.2, -0.15) is 0 Å². The van der Waals surface area contributed by atoms with Crippen molar-refractivity contribution in [2.75, 3.05) is 13.3 Å². The molecule has 0 radical (unpaired) electrons. The third-order valence-corrected chi connectivity index (χ3v) is 3.91. The van der Waals surface area contributed by atoms with Gasteiger partial charge in [0.25, 0.3) is 0 Å². The molecule has 0 aliphatic heterocycles. The molecule has 2 rings (SSSR count). The van der Waals surface area contributed by atoms with E-state index >= 15 is 0 Å². The van der Waals surface area contributed by atoms with E-state index in [0.717, 1.165) is 5.56 Å². The summed E-state index contributed by atoms with van der Waals surface area (Å²) in [5.41, 5.74) is 1.01. The molecule has 0 atom stereocenters. The van der Waals surface area contributed by atoms with Gasteiger partial charge in [-0.05, 0) is 31.3 Å². The van der Waals surface area contributed by atoms with E-state index in [9.17, 15) is 8.42 Å². The Morgan fingerprint density at radius 2 is 1.85 bits per heavy atom. The maximum Gasteiger partial charge on any atom is 0.175 e. The highest BCUT2D eigenvalue weighted by Gasteiger charge is 2.09. The number of rotatable bonds is 5. The van der Waals surface area contributed by atoms with E-state index in [2.05, 4.69) is 5.32 Å². The summed E-state index contributed by atoms with van der Waals surface area (Å²) in [6.07, 6.45) is 1.18. The van der Waals surface area contributed by atoms with Gasteiger partial charge < -0.3 is 10.1 Å². The maximum atomic E-state index is 11.5. The number of sulfone groups is 1. The monoisotopic (exact) mass is 291 g/mol. The normalized spacial score (nSPS) is 11.3. The fraction of sp³-hybridized carbons (Fsp3) is 0.200. The Kier molecular flexibility index (Phi) is 4.42. The van der Waals surface area contributed by atoms with Crippen molar-refractivity contribution in [2.45, 2.75) is 11.4 Å². The lowest BCUT2D eigenvalue weighted by Crippen LogP contribution is -2.06. The quantitative estimate of drug-likeness (QED) is 0.920.